The molecule has 2 fully saturated rings. The molecule has 5 N–H and O–H groups in total. The van der Waals surface area contributed by atoms with Crippen LogP contribution in [0.5, 0.6) is 0 Å². The second kappa shape index (κ2) is 6.01. The van der Waals surface area contributed by atoms with Crippen LogP contribution in [0.15, 0.2) is 0 Å². The number of rotatable bonds is 2. The van der Waals surface area contributed by atoms with E-state index in [9.17, 15) is 9.59 Å². The normalized spacial score (nSPS) is 25.8. The molecule has 18 heavy (non-hydrogen) atoms. The molecule has 7 nitrogen and oxygen atoms in total. The SMILES string of the molecule is NC(=O)C1CNCCN1C(=O)NC1CCNCC1. The molecule has 0 bridgehead atoms. The molecule has 0 aromatic carbocycles. The van der Waals surface area contributed by atoms with Crippen molar-refractivity contribution in [3.63, 3.8) is 0 Å². The minimum absolute atomic E-state index is 0.174. The molecule has 0 saturated carbocycles. The van der Waals surface area contributed by atoms with E-state index >= 15 is 0 Å². The van der Waals surface area contributed by atoms with Crippen LogP contribution < -0.4 is 21.7 Å². The van der Waals surface area contributed by atoms with Crippen molar-refractivity contribution in [2.45, 2.75) is 24.9 Å². The minimum Gasteiger partial charge on any atom is -0.368 e. The van der Waals surface area contributed by atoms with Crippen LogP contribution >= 0.6 is 0 Å². The van der Waals surface area contributed by atoms with Crippen molar-refractivity contribution in [3.05, 3.63) is 0 Å². The molecule has 2 aliphatic rings. The molecule has 2 heterocycles. The quantitative estimate of drug-likeness (QED) is 0.468. The third-order valence-electron chi connectivity index (χ3n) is 3.50. The van der Waals surface area contributed by atoms with Gasteiger partial charge in [0, 0.05) is 25.7 Å². The number of piperazine rings is 1. The van der Waals surface area contributed by atoms with Gasteiger partial charge < -0.3 is 26.6 Å². The summed E-state index contributed by atoms with van der Waals surface area (Å²) in [6.07, 6.45) is 1.86. The lowest BCUT2D eigenvalue weighted by Crippen LogP contribution is -2.62. The summed E-state index contributed by atoms with van der Waals surface area (Å²) in [5.74, 6) is -0.456. The zero-order valence-electron chi connectivity index (χ0n) is 10.4. The van der Waals surface area contributed by atoms with Gasteiger partial charge in [-0.1, -0.05) is 0 Å². The van der Waals surface area contributed by atoms with Gasteiger partial charge in [0.25, 0.3) is 0 Å². The van der Waals surface area contributed by atoms with Crippen molar-refractivity contribution >= 4 is 11.9 Å². The van der Waals surface area contributed by atoms with Crippen LogP contribution in [0.1, 0.15) is 12.8 Å². The fourth-order valence-electron chi connectivity index (χ4n) is 2.43. The van der Waals surface area contributed by atoms with Crippen LogP contribution in [0.2, 0.25) is 0 Å². The summed E-state index contributed by atoms with van der Waals surface area (Å²) < 4.78 is 0. The van der Waals surface area contributed by atoms with Crippen LogP contribution in [0.4, 0.5) is 4.79 Å². The summed E-state index contributed by atoms with van der Waals surface area (Å²) in [6, 6.07) is -0.519. The zero-order chi connectivity index (χ0) is 13.0. The number of nitrogens with one attached hydrogen (secondary N) is 3. The van der Waals surface area contributed by atoms with Gasteiger partial charge in [-0.2, -0.15) is 0 Å². The van der Waals surface area contributed by atoms with Crippen molar-refractivity contribution < 1.29 is 9.59 Å². The number of carbonyl (C=O) groups excluding carboxylic acids is 2. The molecular weight excluding hydrogens is 234 g/mol. The van der Waals surface area contributed by atoms with Gasteiger partial charge in [-0.3, -0.25) is 4.79 Å². The lowest BCUT2D eigenvalue weighted by molar-refractivity contribution is -0.122. The fraction of sp³-hybridized carbons (Fsp3) is 0.818. The van der Waals surface area contributed by atoms with Gasteiger partial charge in [0.2, 0.25) is 5.91 Å². The molecule has 102 valence electrons. The molecular formula is C11H21N5O2. The van der Waals surface area contributed by atoms with E-state index in [0.717, 1.165) is 25.9 Å². The summed E-state index contributed by atoms with van der Waals surface area (Å²) in [7, 11) is 0. The van der Waals surface area contributed by atoms with E-state index in [2.05, 4.69) is 16.0 Å². The number of carbonyl (C=O) groups is 2. The molecule has 2 saturated heterocycles. The zero-order valence-corrected chi connectivity index (χ0v) is 10.4. The lowest BCUT2D eigenvalue weighted by atomic mass is 10.1. The molecule has 7 heteroatoms. The smallest absolute Gasteiger partial charge is 0.318 e. The van der Waals surface area contributed by atoms with Gasteiger partial charge in [-0.25, -0.2) is 4.79 Å². The largest absolute Gasteiger partial charge is 0.368 e. The highest BCUT2D eigenvalue weighted by Gasteiger charge is 2.31. The number of piperidine rings is 1. The first kappa shape index (κ1) is 13.1. The predicted molar refractivity (Wildman–Crippen MR) is 67.0 cm³/mol. The highest BCUT2D eigenvalue weighted by molar-refractivity contribution is 5.86. The Morgan fingerprint density at radius 3 is 2.56 bits per heavy atom. The average Bonchev–Trinajstić information content (AvgIpc) is 2.40. The molecule has 0 spiro atoms. The minimum atomic E-state index is -0.541. The maximum Gasteiger partial charge on any atom is 0.318 e. The van der Waals surface area contributed by atoms with E-state index in [0.29, 0.717) is 19.6 Å². The second-order valence-corrected chi connectivity index (χ2v) is 4.79. The topological polar surface area (TPSA) is 99.5 Å². The van der Waals surface area contributed by atoms with E-state index in [4.69, 9.17) is 5.73 Å². The van der Waals surface area contributed by atoms with E-state index in [1.54, 1.807) is 4.90 Å². The molecule has 0 aromatic rings. The van der Waals surface area contributed by atoms with Crippen molar-refractivity contribution in [3.8, 4) is 0 Å². The molecule has 1 unspecified atom stereocenters. The van der Waals surface area contributed by atoms with Crippen molar-refractivity contribution in [1.29, 1.82) is 0 Å². The van der Waals surface area contributed by atoms with Crippen molar-refractivity contribution in [2.24, 2.45) is 5.73 Å². The molecule has 1 atom stereocenters. The number of amides is 3. The van der Waals surface area contributed by atoms with Crippen molar-refractivity contribution in [2.75, 3.05) is 32.7 Å². The molecule has 2 aliphatic heterocycles. The number of urea groups is 1. The monoisotopic (exact) mass is 255 g/mol. The molecule has 3 amide bonds. The Kier molecular flexibility index (Phi) is 4.38. The Morgan fingerprint density at radius 2 is 1.89 bits per heavy atom. The maximum absolute atomic E-state index is 12.1. The predicted octanol–water partition coefficient (Wildman–Crippen LogP) is -1.79. The molecule has 2 rings (SSSR count). The molecule has 0 aliphatic carbocycles. The third kappa shape index (κ3) is 3.11. The summed E-state index contributed by atoms with van der Waals surface area (Å²) in [5.41, 5.74) is 5.32. The summed E-state index contributed by atoms with van der Waals surface area (Å²) in [4.78, 5) is 25.0. The number of hydrogen-bond acceptors (Lipinski definition) is 4. The third-order valence-corrected chi connectivity index (χ3v) is 3.50. The van der Waals surface area contributed by atoms with Gasteiger partial charge >= 0.3 is 6.03 Å². The maximum atomic E-state index is 12.1. The summed E-state index contributed by atoms with van der Waals surface area (Å²) in [6.45, 7) is 3.50. The Bertz CT molecular complexity index is 317. The first-order chi connectivity index (χ1) is 8.68. The number of hydrogen-bond donors (Lipinski definition) is 4. The van der Waals surface area contributed by atoms with E-state index in [-0.39, 0.29) is 12.1 Å². The highest BCUT2D eigenvalue weighted by atomic mass is 16.2. The van der Waals surface area contributed by atoms with Crippen LogP contribution in [0, 0.1) is 0 Å². The number of nitrogens with zero attached hydrogens (tertiary/aromatic N) is 1. The fourth-order valence-corrected chi connectivity index (χ4v) is 2.43. The average molecular weight is 255 g/mol. The highest BCUT2D eigenvalue weighted by Crippen LogP contribution is 2.07. The van der Waals surface area contributed by atoms with E-state index < -0.39 is 11.9 Å². The summed E-state index contributed by atoms with van der Waals surface area (Å²) >= 11 is 0. The van der Waals surface area contributed by atoms with Gasteiger partial charge in [0.15, 0.2) is 0 Å². The lowest BCUT2D eigenvalue weighted by Gasteiger charge is -2.35. The van der Waals surface area contributed by atoms with Gasteiger partial charge in [0.05, 0.1) is 0 Å². The Labute approximate surface area is 106 Å². The van der Waals surface area contributed by atoms with Gasteiger partial charge in [-0.05, 0) is 25.9 Å². The van der Waals surface area contributed by atoms with Crippen LogP contribution in [-0.2, 0) is 4.79 Å². The van der Waals surface area contributed by atoms with Crippen LogP contribution in [0.3, 0.4) is 0 Å². The summed E-state index contributed by atoms with van der Waals surface area (Å²) in [5, 5.41) is 9.30. The molecule has 0 radical (unpaired) electrons. The molecule has 0 aromatic heterocycles. The number of nitrogens with two attached hydrogens (primary N) is 1. The van der Waals surface area contributed by atoms with Gasteiger partial charge in [0.1, 0.15) is 6.04 Å². The first-order valence-corrected chi connectivity index (χ1v) is 6.46. The van der Waals surface area contributed by atoms with Crippen LogP contribution in [0.25, 0.3) is 0 Å². The van der Waals surface area contributed by atoms with Crippen LogP contribution in [-0.4, -0.2) is 61.6 Å². The second-order valence-electron chi connectivity index (χ2n) is 4.79. The van der Waals surface area contributed by atoms with E-state index in [1.165, 1.54) is 0 Å². The number of primary amides is 1. The van der Waals surface area contributed by atoms with Gasteiger partial charge in [-0.15, -0.1) is 0 Å². The first-order valence-electron chi connectivity index (χ1n) is 6.46. The standard InChI is InChI=1S/C11H21N5O2/c12-10(17)9-7-14-5-6-16(9)11(18)15-8-1-3-13-4-2-8/h8-9,13-14H,1-7H2,(H2,12,17)(H,15,18). The Hall–Kier alpha value is -1.34. The van der Waals surface area contributed by atoms with E-state index in [1.807, 2.05) is 0 Å². The Morgan fingerprint density at radius 1 is 1.17 bits per heavy atom. The Balaban J connectivity index is 1.91. The van der Waals surface area contributed by atoms with Crippen molar-refractivity contribution in [1.82, 2.24) is 20.9 Å².